The van der Waals surface area contributed by atoms with E-state index in [0.717, 1.165) is 25.0 Å². The van der Waals surface area contributed by atoms with E-state index in [0.29, 0.717) is 25.5 Å². The molecule has 22 heavy (non-hydrogen) atoms. The Morgan fingerprint density at radius 3 is 2.86 bits per heavy atom. The zero-order valence-electron chi connectivity index (χ0n) is 12.8. The number of fused-ring (bicyclic) bond motifs is 1. The van der Waals surface area contributed by atoms with Crippen LogP contribution in [0.15, 0.2) is 24.3 Å². The summed E-state index contributed by atoms with van der Waals surface area (Å²) in [7, 11) is 1.71. The number of rotatable bonds is 4. The molecule has 5 heteroatoms. The number of benzene rings is 1. The van der Waals surface area contributed by atoms with Gasteiger partial charge in [-0.15, -0.1) is 0 Å². The molecule has 2 fully saturated rings. The molecule has 0 unspecified atom stereocenters. The number of nitrogens with zero attached hydrogens (tertiary/aromatic N) is 1. The van der Waals surface area contributed by atoms with Crippen molar-refractivity contribution in [1.82, 2.24) is 4.90 Å². The number of morpholine rings is 1. The number of hydrogen-bond acceptors (Lipinski definition) is 3. The van der Waals surface area contributed by atoms with E-state index in [1.165, 1.54) is 12.1 Å². The molecule has 0 spiro atoms. The third-order valence-corrected chi connectivity index (χ3v) is 4.63. The van der Waals surface area contributed by atoms with Gasteiger partial charge in [0.05, 0.1) is 25.2 Å². The van der Waals surface area contributed by atoms with Crippen molar-refractivity contribution in [3.63, 3.8) is 0 Å². The standard InChI is InChI=1S/C17H22FNO3/c1-21-11-13-8-15-16(9-13)22-7-6-19(15)17(20)10-12-2-4-14(18)5-3-12/h2-5,13,15-16H,6-11H2,1H3/t13-,15+,16+/m0/s1. The van der Waals surface area contributed by atoms with Crippen LogP contribution >= 0.6 is 0 Å². The monoisotopic (exact) mass is 307 g/mol. The molecular formula is C17H22FNO3. The lowest BCUT2D eigenvalue weighted by atomic mass is 10.1. The van der Waals surface area contributed by atoms with Crippen LogP contribution in [0.4, 0.5) is 4.39 Å². The first-order chi connectivity index (χ1) is 10.7. The Balaban J connectivity index is 1.65. The zero-order valence-corrected chi connectivity index (χ0v) is 12.8. The molecule has 4 nitrogen and oxygen atoms in total. The summed E-state index contributed by atoms with van der Waals surface area (Å²) in [6.07, 6.45) is 2.34. The first kappa shape index (κ1) is 15.4. The molecule has 0 radical (unpaired) electrons. The van der Waals surface area contributed by atoms with Crippen molar-refractivity contribution < 1.29 is 18.7 Å². The molecule has 1 aliphatic carbocycles. The highest BCUT2D eigenvalue weighted by molar-refractivity contribution is 5.79. The van der Waals surface area contributed by atoms with Crippen molar-refractivity contribution in [1.29, 1.82) is 0 Å². The Kier molecular flexibility index (Phi) is 4.74. The van der Waals surface area contributed by atoms with E-state index in [2.05, 4.69) is 0 Å². The third kappa shape index (κ3) is 3.31. The lowest BCUT2D eigenvalue weighted by molar-refractivity contribution is -0.143. The maximum Gasteiger partial charge on any atom is 0.227 e. The molecule has 0 bridgehead atoms. The SMILES string of the molecule is COC[C@H]1C[C@@H]2[C@@H](C1)OCCN2C(=O)Cc1ccc(F)cc1. The van der Waals surface area contributed by atoms with Gasteiger partial charge in [0.2, 0.25) is 5.91 Å². The number of hydrogen-bond donors (Lipinski definition) is 0. The molecule has 0 aromatic heterocycles. The summed E-state index contributed by atoms with van der Waals surface area (Å²) >= 11 is 0. The fourth-order valence-electron chi connectivity index (χ4n) is 3.61. The number of methoxy groups -OCH3 is 1. The smallest absolute Gasteiger partial charge is 0.227 e. The number of carbonyl (C=O) groups is 1. The number of carbonyl (C=O) groups excluding carboxylic acids is 1. The fourth-order valence-corrected chi connectivity index (χ4v) is 3.61. The molecular weight excluding hydrogens is 285 g/mol. The predicted molar refractivity (Wildman–Crippen MR) is 79.9 cm³/mol. The van der Waals surface area contributed by atoms with Crippen molar-refractivity contribution in [2.45, 2.75) is 31.4 Å². The van der Waals surface area contributed by atoms with Gasteiger partial charge in [-0.2, -0.15) is 0 Å². The third-order valence-electron chi connectivity index (χ3n) is 4.63. The second-order valence-corrected chi connectivity index (χ2v) is 6.16. The second kappa shape index (κ2) is 6.75. The first-order valence-electron chi connectivity index (χ1n) is 7.82. The highest BCUT2D eigenvalue weighted by atomic mass is 19.1. The van der Waals surface area contributed by atoms with Gasteiger partial charge in [0.1, 0.15) is 5.82 Å². The average molecular weight is 307 g/mol. The van der Waals surface area contributed by atoms with Crippen LogP contribution in [-0.4, -0.2) is 49.8 Å². The van der Waals surface area contributed by atoms with Gasteiger partial charge in [0.15, 0.2) is 0 Å². The molecule has 3 rings (SSSR count). The zero-order chi connectivity index (χ0) is 15.5. The summed E-state index contributed by atoms with van der Waals surface area (Å²) in [5, 5.41) is 0. The molecule has 1 amide bonds. The average Bonchev–Trinajstić information content (AvgIpc) is 2.92. The van der Waals surface area contributed by atoms with Crippen LogP contribution in [0.3, 0.4) is 0 Å². The quantitative estimate of drug-likeness (QED) is 0.854. The molecule has 1 saturated heterocycles. The Morgan fingerprint density at radius 2 is 2.14 bits per heavy atom. The lowest BCUT2D eigenvalue weighted by Gasteiger charge is -2.37. The maximum atomic E-state index is 12.9. The first-order valence-corrected chi connectivity index (χ1v) is 7.82. The molecule has 1 aliphatic heterocycles. The van der Waals surface area contributed by atoms with Gasteiger partial charge in [-0.3, -0.25) is 4.79 Å². The van der Waals surface area contributed by atoms with E-state index in [1.54, 1.807) is 19.2 Å². The van der Waals surface area contributed by atoms with Crippen molar-refractivity contribution in [3.8, 4) is 0 Å². The minimum Gasteiger partial charge on any atom is -0.384 e. The topological polar surface area (TPSA) is 38.8 Å². The molecule has 1 aromatic rings. The van der Waals surface area contributed by atoms with E-state index in [1.807, 2.05) is 4.90 Å². The van der Waals surface area contributed by atoms with Crippen LogP contribution in [0.1, 0.15) is 18.4 Å². The Labute approximate surface area is 130 Å². The summed E-state index contributed by atoms with van der Waals surface area (Å²) in [6.45, 7) is 1.95. The van der Waals surface area contributed by atoms with Crippen molar-refractivity contribution >= 4 is 5.91 Å². The van der Waals surface area contributed by atoms with E-state index in [4.69, 9.17) is 9.47 Å². The van der Waals surface area contributed by atoms with E-state index in [-0.39, 0.29) is 23.9 Å². The minimum atomic E-state index is -0.277. The van der Waals surface area contributed by atoms with Gasteiger partial charge >= 0.3 is 0 Å². The largest absolute Gasteiger partial charge is 0.384 e. The van der Waals surface area contributed by atoms with Crippen molar-refractivity contribution in [3.05, 3.63) is 35.6 Å². The highest BCUT2D eigenvalue weighted by Crippen LogP contribution is 2.34. The number of ether oxygens (including phenoxy) is 2. The minimum absolute atomic E-state index is 0.1000. The summed E-state index contributed by atoms with van der Waals surface area (Å²) in [6, 6.07) is 6.30. The van der Waals surface area contributed by atoms with Gasteiger partial charge < -0.3 is 14.4 Å². The molecule has 1 heterocycles. The summed E-state index contributed by atoms with van der Waals surface area (Å²) in [5.41, 5.74) is 0.848. The second-order valence-electron chi connectivity index (χ2n) is 6.16. The summed E-state index contributed by atoms with van der Waals surface area (Å²) < 4.78 is 24.0. The van der Waals surface area contributed by atoms with E-state index < -0.39 is 0 Å². The van der Waals surface area contributed by atoms with Crippen molar-refractivity contribution in [2.75, 3.05) is 26.9 Å². The summed E-state index contributed by atoms with van der Waals surface area (Å²) in [5.74, 6) is 0.281. The van der Waals surface area contributed by atoms with Gasteiger partial charge in [-0.05, 0) is 36.5 Å². The summed E-state index contributed by atoms with van der Waals surface area (Å²) in [4.78, 5) is 14.6. The van der Waals surface area contributed by atoms with Gasteiger partial charge in [-0.1, -0.05) is 12.1 Å². The molecule has 1 aromatic carbocycles. The van der Waals surface area contributed by atoms with Crippen LogP contribution in [0.5, 0.6) is 0 Å². The van der Waals surface area contributed by atoms with Gasteiger partial charge in [0.25, 0.3) is 0 Å². The predicted octanol–water partition coefficient (Wildman–Crippen LogP) is 2.02. The number of halogens is 1. The maximum absolute atomic E-state index is 12.9. The molecule has 1 saturated carbocycles. The van der Waals surface area contributed by atoms with E-state index in [9.17, 15) is 9.18 Å². The Bertz CT molecular complexity index is 519. The van der Waals surface area contributed by atoms with Crippen LogP contribution in [0.2, 0.25) is 0 Å². The van der Waals surface area contributed by atoms with E-state index >= 15 is 0 Å². The van der Waals surface area contributed by atoms with Gasteiger partial charge in [-0.25, -0.2) is 4.39 Å². The lowest BCUT2D eigenvalue weighted by Crippen LogP contribution is -2.51. The highest BCUT2D eigenvalue weighted by Gasteiger charge is 2.42. The van der Waals surface area contributed by atoms with Crippen LogP contribution in [0.25, 0.3) is 0 Å². The molecule has 2 aliphatic rings. The number of amides is 1. The van der Waals surface area contributed by atoms with Crippen LogP contribution < -0.4 is 0 Å². The van der Waals surface area contributed by atoms with Crippen molar-refractivity contribution in [2.24, 2.45) is 5.92 Å². The molecule has 120 valence electrons. The molecule has 0 N–H and O–H groups in total. The Hall–Kier alpha value is -1.46. The normalized spacial score (nSPS) is 27.7. The van der Waals surface area contributed by atoms with Crippen LogP contribution in [-0.2, 0) is 20.7 Å². The van der Waals surface area contributed by atoms with Gasteiger partial charge in [0, 0.05) is 20.3 Å². The molecule has 3 atom stereocenters. The fraction of sp³-hybridized carbons (Fsp3) is 0.588. The Morgan fingerprint density at radius 1 is 1.36 bits per heavy atom. The van der Waals surface area contributed by atoms with Crippen LogP contribution in [0, 0.1) is 11.7 Å².